The molecule has 6 rings (SSSR count). The molecule has 2 aromatic heterocycles. The summed E-state index contributed by atoms with van der Waals surface area (Å²) in [6, 6.07) is 4.29. The van der Waals surface area contributed by atoms with Crippen LogP contribution < -0.4 is 4.90 Å². The van der Waals surface area contributed by atoms with Gasteiger partial charge < -0.3 is 24.4 Å². The summed E-state index contributed by atoms with van der Waals surface area (Å²) in [5.41, 5.74) is 3.50. The molecule has 8 nitrogen and oxygen atoms in total. The van der Waals surface area contributed by atoms with E-state index in [9.17, 15) is 9.59 Å². The lowest BCUT2D eigenvalue weighted by Crippen LogP contribution is -2.49. The van der Waals surface area contributed by atoms with E-state index in [-0.39, 0.29) is 17.9 Å². The Kier molecular flexibility index (Phi) is 4.09. The standard InChI is InChI=1S/C22H25N5O3/c28-21(25-5-1-2-6-25)15-8-14-4-3-7-26(20(14)23-10-15)18-9-16-11-27(17-12-30-13-17)22(29)19(16)24-18/h8-10,17,24H,1-7,11-13H2. The summed E-state index contributed by atoms with van der Waals surface area (Å²) >= 11 is 0. The lowest BCUT2D eigenvalue weighted by molar-refractivity contribution is -0.0541. The first kappa shape index (κ1) is 17.9. The molecule has 0 spiro atoms. The molecule has 2 saturated heterocycles. The molecule has 1 N–H and O–H groups in total. The molecule has 8 heteroatoms. The fourth-order valence-electron chi connectivity index (χ4n) is 4.96. The molecular weight excluding hydrogens is 382 g/mol. The van der Waals surface area contributed by atoms with Crippen LogP contribution in [0, 0.1) is 0 Å². The van der Waals surface area contributed by atoms with Crippen molar-refractivity contribution in [2.75, 3.05) is 37.7 Å². The second kappa shape index (κ2) is 6.84. The second-order valence-corrected chi connectivity index (χ2v) is 8.64. The number of anilines is 2. The number of H-pyrrole nitrogens is 1. The van der Waals surface area contributed by atoms with Gasteiger partial charge in [-0.15, -0.1) is 0 Å². The smallest absolute Gasteiger partial charge is 0.271 e. The normalized spacial score (nSPS) is 21.1. The van der Waals surface area contributed by atoms with E-state index in [1.165, 1.54) is 0 Å². The van der Waals surface area contributed by atoms with E-state index in [0.717, 1.165) is 68.1 Å². The number of fused-ring (bicyclic) bond motifs is 2. The van der Waals surface area contributed by atoms with Crippen LogP contribution in [0.15, 0.2) is 18.3 Å². The number of aromatic amines is 1. The van der Waals surface area contributed by atoms with Gasteiger partial charge in [-0.25, -0.2) is 4.98 Å². The molecular formula is C22H25N5O3. The van der Waals surface area contributed by atoms with Crippen LogP contribution in [0.5, 0.6) is 0 Å². The Morgan fingerprint density at radius 1 is 1.10 bits per heavy atom. The molecule has 0 atom stereocenters. The Morgan fingerprint density at radius 3 is 2.67 bits per heavy atom. The summed E-state index contributed by atoms with van der Waals surface area (Å²) in [5, 5.41) is 0. The van der Waals surface area contributed by atoms with Crippen molar-refractivity contribution < 1.29 is 14.3 Å². The summed E-state index contributed by atoms with van der Waals surface area (Å²) < 4.78 is 5.24. The van der Waals surface area contributed by atoms with Crippen LogP contribution in [0.3, 0.4) is 0 Å². The summed E-state index contributed by atoms with van der Waals surface area (Å²) in [6.45, 7) is 4.42. The van der Waals surface area contributed by atoms with Crippen molar-refractivity contribution in [3.05, 3.63) is 40.7 Å². The van der Waals surface area contributed by atoms with Crippen LogP contribution in [0.2, 0.25) is 0 Å². The van der Waals surface area contributed by atoms with E-state index >= 15 is 0 Å². The predicted octanol–water partition coefficient (Wildman–Crippen LogP) is 2.08. The van der Waals surface area contributed by atoms with Gasteiger partial charge in [0.25, 0.3) is 11.8 Å². The number of hydrogen-bond donors (Lipinski definition) is 1. The van der Waals surface area contributed by atoms with Crippen LogP contribution >= 0.6 is 0 Å². The number of nitrogens with zero attached hydrogens (tertiary/aromatic N) is 4. The third-order valence-corrected chi connectivity index (χ3v) is 6.72. The minimum atomic E-state index is 0.0568. The highest BCUT2D eigenvalue weighted by Crippen LogP contribution is 2.36. The molecule has 6 heterocycles. The first-order valence-electron chi connectivity index (χ1n) is 10.9. The SMILES string of the molecule is O=C(c1cnc2c(c1)CCCN2c1cc2c([nH]1)C(=O)N(C1COC1)C2)N1CCCC1. The average Bonchev–Trinajstić information content (AvgIpc) is 3.45. The number of likely N-dealkylation sites (tertiary alicyclic amines) is 1. The Balaban J connectivity index is 1.26. The molecule has 4 aliphatic rings. The minimum absolute atomic E-state index is 0.0568. The number of aromatic nitrogens is 2. The van der Waals surface area contributed by atoms with Gasteiger partial charge in [0.1, 0.15) is 17.3 Å². The summed E-state index contributed by atoms with van der Waals surface area (Å²) in [4.78, 5) is 39.5. The van der Waals surface area contributed by atoms with E-state index in [1.807, 2.05) is 15.9 Å². The Morgan fingerprint density at radius 2 is 1.93 bits per heavy atom. The number of pyridine rings is 1. The lowest BCUT2D eigenvalue weighted by Gasteiger charge is -2.34. The van der Waals surface area contributed by atoms with E-state index in [1.54, 1.807) is 6.20 Å². The number of rotatable bonds is 3. The molecule has 0 radical (unpaired) electrons. The van der Waals surface area contributed by atoms with Gasteiger partial charge in [0.15, 0.2) is 0 Å². The van der Waals surface area contributed by atoms with Gasteiger partial charge in [0.2, 0.25) is 0 Å². The first-order chi connectivity index (χ1) is 14.7. The maximum Gasteiger partial charge on any atom is 0.271 e. The number of aryl methyl sites for hydroxylation is 1. The quantitative estimate of drug-likeness (QED) is 0.843. The fraction of sp³-hybridized carbons (Fsp3) is 0.500. The van der Waals surface area contributed by atoms with Gasteiger partial charge in [-0.3, -0.25) is 9.59 Å². The van der Waals surface area contributed by atoms with Gasteiger partial charge in [0, 0.05) is 37.9 Å². The molecule has 0 aliphatic carbocycles. The van der Waals surface area contributed by atoms with Crippen LogP contribution in [0.25, 0.3) is 0 Å². The van der Waals surface area contributed by atoms with Crippen molar-refractivity contribution in [3.8, 4) is 0 Å². The highest BCUT2D eigenvalue weighted by molar-refractivity contribution is 5.98. The molecule has 2 fully saturated rings. The Bertz CT molecular complexity index is 1020. The molecule has 0 bridgehead atoms. The summed E-state index contributed by atoms with van der Waals surface area (Å²) in [5.74, 6) is 1.94. The Labute approximate surface area is 174 Å². The number of carbonyl (C=O) groups is 2. The zero-order valence-corrected chi connectivity index (χ0v) is 16.9. The van der Waals surface area contributed by atoms with Gasteiger partial charge >= 0.3 is 0 Å². The molecule has 0 unspecified atom stereocenters. The van der Waals surface area contributed by atoms with E-state index < -0.39 is 0 Å². The van der Waals surface area contributed by atoms with E-state index in [4.69, 9.17) is 4.74 Å². The fourth-order valence-corrected chi connectivity index (χ4v) is 4.96. The molecule has 0 saturated carbocycles. The monoisotopic (exact) mass is 407 g/mol. The van der Waals surface area contributed by atoms with E-state index in [0.29, 0.717) is 31.0 Å². The summed E-state index contributed by atoms with van der Waals surface area (Å²) in [6.07, 6.45) is 5.77. The van der Waals surface area contributed by atoms with Gasteiger partial charge in [-0.1, -0.05) is 0 Å². The number of hydrogen-bond acceptors (Lipinski definition) is 5. The highest BCUT2D eigenvalue weighted by Gasteiger charge is 2.38. The number of ether oxygens (including phenoxy) is 1. The molecule has 156 valence electrons. The molecule has 30 heavy (non-hydrogen) atoms. The van der Waals surface area contributed by atoms with Crippen molar-refractivity contribution in [2.24, 2.45) is 0 Å². The van der Waals surface area contributed by atoms with Crippen molar-refractivity contribution in [3.63, 3.8) is 0 Å². The van der Waals surface area contributed by atoms with Crippen molar-refractivity contribution in [2.45, 2.75) is 38.3 Å². The van der Waals surface area contributed by atoms with E-state index in [2.05, 4.69) is 20.9 Å². The maximum absolute atomic E-state index is 12.8. The summed E-state index contributed by atoms with van der Waals surface area (Å²) in [7, 11) is 0. The zero-order valence-electron chi connectivity index (χ0n) is 16.9. The number of amides is 2. The third kappa shape index (κ3) is 2.74. The maximum atomic E-state index is 12.8. The van der Waals surface area contributed by atoms with Gasteiger partial charge in [-0.05, 0) is 43.4 Å². The van der Waals surface area contributed by atoms with Crippen LogP contribution in [0.1, 0.15) is 51.2 Å². The molecule has 0 aromatic carbocycles. The largest absolute Gasteiger partial charge is 0.377 e. The van der Waals surface area contributed by atoms with Crippen LogP contribution in [-0.2, 0) is 17.7 Å². The van der Waals surface area contributed by atoms with Crippen molar-refractivity contribution >= 4 is 23.5 Å². The highest BCUT2D eigenvalue weighted by atomic mass is 16.5. The Hall–Kier alpha value is -2.87. The van der Waals surface area contributed by atoms with Crippen LogP contribution in [0.4, 0.5) is 11.6 Å². The third-order valence-electron chi connectivity index (χ3n) is 6.72. The lowest BCUT2D eigenvalue weighted by atomic mass is 10.0. The molecule has 2 amide bonds. The second-order valence-electron chi connectivity index (χ2n) is 8.64. The number of carbonyl (C=O) groups excluding carboxylic acids is 2. The van der Waals surface area contributed by atoms with Crippen molar-refractivity contribution in [1.29, 1.82) is 0 Å². The average molecular weight is 407 g/mol. The van der Waals surface area contributed by atoms with Gasteiger partial charge in [0.05, 0.1) is 24.8 Å². The topological polar surface area (TPSA) is 81.8 Å². The molecule has 2 aromatic rings. The van der Waals surface area contributed by atoms with Crippen LogP contribution in [-0.4, -0.2) is 70.5 Å². The predicted molar refractivity (Wildman–Crippen MR) is 110 cm³/mol. The zero-order chi connectivity index (χ0) is 20.2. The molecule has 4 aliphatic heterocycles. The first-order valence-corrected chi connectivity index (χ1v) is 10.9. The van der Waals surface area contributed by atoms with Gasteiger partial charge in [-0.2, -0.15) is 0 Å². The number of nitrogens with one attached hydrogen (secondary N) is 1. The minimum Gasteiger partial charge on any atom is -0.377 e. The van der Waals surface area contributed by atoms with Crippen molar-refractivity contribution in [1.82, 2.24) is 19.8 Å².